The second kappa shape index (κ2) is 5.54. The zero-order valence-electron chi connectivity index (χ0n) is 10.6. The van der Waals surface area contributed by atoms with Crippen LogP contribution in [0.2, 0.25) is 0 Å². The maximum Gasteiger partial charge on any atom is 0.287 e. The SMILES string of the molecule is CC(C)C(NC(=O)c1ccco1)c1ccccc1. The smallest absolute Gasteiger partial charge is 0.287 e. The first-order chi connectivity index (χ1) is 8.68. The summed E-state index contributed by atoms with van der Waals surface area (Å²) in [6, 6.07) is 13.3. The highest BCUT2D eigenvalue weighted by Crippen LogP contribution is 2.21. The van der Waals surface area contributed by atoms with Gasteiger partial charge in [0.25, 0.3) is 5.91 Å². The number of furan rings is 1. The summed E-state index contributed by atoms with van der Waals surface area (Å²) in [5.41, 5.74) is 1.10. The molecule has 1 N–H and O–H groups in total. The Labute approximate surface area is 107 Å². The molecule has 1 amide bonds. The van der Waals surface area contributed by atoms with Crippen LogP contribution < -0.4 is 5.32 Å². The van der Waals surface area contributed by atoms with Crippen molar-refractivity contribution in [2.75, 3.05) is 0 Å². The molecule has 0 radical (unpaired) electrons. The number of carbonyl (C=O) groups excluding carboxylic acids is 1. The molecule has 2 rings (SSSR count). The van der Waals surface area contributed by atoms with Crippen LogP contribution in [0.15, 0.2) is 53.1 Å². The van der Waals surface area contributed by atoms with Gasteiger partial charge in [0.2, 0.25) is 0 Å². The van der Waals surface area contributed by atoms with E-state index in [2.05, 4.69) is 19.2 Å². The highest BCUT2D eigenvalue weighted by Gasteiger charge is 2.19. The van der Waals surface area contributed by atoms with E-state index in [1.54, 1.807) is 12.1 Å². The Morgan fingerprint density at radius 1 is 1.11 bits per heavy atom. The lowest BCUT2D eigenvalue weighted by atomic mass is 9.96. The molecule has 1 unspecified atom stereocenters. The Kier molecular flexibility index (Phi) is 3.82. The van der Waals surface area contributed by atoms with Crippen molar-refractivity contribution in [3.8, 4) is 0 Å². The highest BCUT2D eigenvalue weighted by molar-refractivity contribution is 5.91. The summed E-state index contributed by atoms with van der Waals surface area (Å²) in [6.45, 7) is 4.17. The normalized spacial score (nSPS) is 12.4. The molecule has 0 saturated heterocycles. The average Bonchev–Trinajstić information content (AvgIpc) is 2.90. The highest BCUT2D eigenvalue weighted by atomic mass is 16.3. The molecule has 0 spiro atoms. The van der Waals surface area contributed by atoms with E-state index in [1.807, 2.05) is 30.3 Å². The van der Waals surface area contributed by atoms with Crippen LogP contribution in [0, 0.1) is 5.92 Å². The van der Waals surface area contributed by atoms with Crippen molar-refractivity contribution >= 4 is 5.91 Å². The minimum atomic E-state index is -0.178. The van der Waals surface area contributed by atoms with E-state index in [-0.39, 0.29) is 11.9 Å². The van der Waals surface area contributed by atoms with Gasteiger partial charge in [-0.25, -0.2) is 0 Å². The van der Waals surface area contributed by atoms with Gasteiger partial charge in [-0.15, -0.1) is 0 Å². The summed E-state index contributed by atoms with van der Waals surface area (Å²) >= 11 is 0. The number of hydrogen-bond acceptors (Lipinski definition) is 2. The molecule has 3 nitrogen and oxygen atoms in total. The summed E-state index contributed by atoms with van der Waals surface area (Å²) in [4.78, 5) is 12.0. The van der Waals surface area contributed by atoms with E-state index >= 15 is 0 Å². The second-order valence-electron chi connectivity index (χ2n) is 4.58. The van der Waals surface area contributed by atoms with E-state index in [0.717, 1.165) is 5.56 Å². The average molecular weight is 243 g/mol. The van der Waals surface area contributed by atoms with Crippen LogP contribution in [0.25, 0.3) is 0 Å². The van der Waals surface area contributed by atoms with Gasteiger partial charge in [0.05, 0.1) is 12.3 Å². The zero-order chi connectivity index (χ0) is 13.0. The molecule has 0 bridgehead atoms. The number of amides is 1. The molecule has 0 aliphatic rings. The van der Waals surface area contributed by atoms with Crippen molar-refractivity contribution in [1.82, 2.24) is 5.32 Å². The van der Waals surface area contributed by atoms with Gasteiger partial charge in [0.15, 0.2) is 5.76 Å². The lowest BCUT2D eigenvalue weighted by Crippen LogP contribution is -2.31. The first kappa shape index (κ1) is 12.4. The van der Waals surface area contributed by atoms with Crippen LogP contribution >= 0.6 is 0 Å². The molecule has 2 aromatic rings. The Balaban J connectivity index is 2.15. The van der Waals surface area contributed by atoms with Gasteiger partial charge in [-0.2, -0.15) is 0 Å². The third-order valence-electron chi connectivity index (χ3n) is 2.86. The number of hydrogen-bond donors (Lipinski definition) is 1. The van der Waals surface area contributed by atoms with Crippen molar-refractivity contribution in [2.24, 2.45) is 5.92 Å². The van der Waals surface area contributed by atoms with E-state index in [0.29, 0.717) is 11.7 Å². The zero-order valence-corrected chi connectivity index (χ0v) is 10.6. The van der Waals surface area contributed by atoms with Crippen LogP contribution in [-0.2, 0) is 0 Å². The van der Waals surface area contributed by atoms with Crippen molar-refractivity contribution in [2.45, 2.75) is 19.9 Å². The molecule has 1 aromatic carbocycles. The number of nitrogens with one attached hydrogen (secondary N) is 1. The molecule has 0 aliphatic carbocycles. The third kappa shape index (κ3) is 2.80. The molecule has 0 fully saturated rings. The summed E-state index contributed by atoms with van der Waals surface area (Å²) in [7, 11) is 0. The second-order valence-corrected chi connectivity index (χ2v) is 4.58. The Morgan fingerprint density at radius 2 is 1.83 bits per heavy atom. The van der Waals surface area contributed by atoms with Gasteiger partial charge in [0, 0.05) is 0 Å². The largest absolute Gasteiger partial charge is 0.459 e. The molecule has 0 aliphatic heterocycles. The molecule has 18 heavy (non-hydrogen) atoms. The van der Waals surface area contributed by atoms with Gasteiger partial charge < -0.3 is 9.73 Å². The topological polar surface area (TPSA) is 42.2 Å². The molecule has 1 aromatic heterocycles. The molecule has 3 heteroatoms. The van der Waals surface area contributed by atoms with Crippen LogP contribution in [0.3, 0.4) is 0 Å². The molecule has 0 saturated carbocycles. The lowest BCUT2D eigenvalue weighted by Gasteiger charge is -2.22. The molecule has 94 valence electrons. The Bertz CT molecular complexity index is 488. The summed E-state index contributed by atoms with van der Waals surface area (Å²) in [5, 5.41) is 3.00. The fourth-order valence-corrected chi connectivity index (χ4v) is 1.92. The standard InChI is InChI=1S/C15H17NO2/c1-11(2)14(12-7-4-3-5-8-12)16-15(17)13-9-6-10-18-13/h3-11,14H,1-2H3,(H,16,17). The van der Waals surface area contributed by atoms with E-state index < -0.39 is 0 Å². The number of carbonyl (C=O) groups is 1. The van der Waals surface area contributed by atoms with Crippen LogP contribution in [0.4, 0.5) is 0 Å². The van der Waals surface area contributed by atoms with E-state index in [4.69, 9.17) is 4.42 Å². The summed E-state index contributed by atoms with van der Waals surface area (Å²) in [5.74, 6) is 0.477. The fourth-order valence-electron chi connectivity index (χ4n) is 1.92. The predicted molar refractivity (Wildman–Crippen MR) is 70.2 cm³/mol. The monoisotopic (exact) mass is 243 g/mol. The maximum absolute atomic E-state index is 12.0. The first-order valence-electron chi connectivity index (χ1n) is 6.08. The number of benzene rings is 1. The number of rotatable bonds is 4. The predicted octanol–water partition coefficient (Wildman–Crippen LogP) is 3.41. The van der Waals surface area contributed by atoms with Crippen molar-refractivity contribution in [1.29, 1.82) is 0 Å². The minimum absolute atomic E-state index is 0.0104. The summed E-state index contributed by atoms with van der Waals surface area (Å²) in [6.07, 6.45) is 1.50. The molecular weight excluding hydrogens is 226 g/mol. The van der Waals surface area contributed by atoms with Gasteiger partial charge in [-0.3, -0.25) is 4.79 Å². The molecular formula is C15H17NO2. The summed E-state index contributed by atoms with van der Waals surface area (Å²) < 4.78 is 5.10. The van der Waals surface area contributed by atoms with Crippen LogP contribution in [0.1, 0.15) is 36.0 Å². The van der Waals surface area contributed by atoms with Gasteiger partial charge in [-0.05, 0) is 23.6 Å². The Hall–Kier alpha value is -2.03. The van der Waals surface area contributed by atoms with Crippen molar-refractivity contribution in [3.63, 3.8) is 0 Å². The lowest BCUT2D eigenvalue weighted by molar-refractivity contribution is 0.0897. The first-order valence-corrected chi connectivity index (χ1v) is 6.08. The van der Waals surface area contributed by atoms with Gasteiger partial charge in [-0.1, -0.05) is 44.2 Å². The van der Waals surface area contributed by atoms with Gasteiger partial charge in [0.1, 0.15) is 0 Å². The van der Waals surface area contributed by atoms with Gasteiger partial charge >= 0.3 is 0 Å². The quantitative estimate of drug-likeness (QED) is 0.894. The Morgan fingerprint density at radius 3 is 2.39 bits per heavy atom. The fraction of sp³-hybridized carbons (Fsp3) is 0.267. The van der Waals surface area contributed by atoms with E-state index in [1.165, 1.54) is 6.26 Å². The third-order valence-corrected chi connectivity index (χ3v) is 2.86. The maximum atomic E-state index is 12.0. The molecule has 1 atom stereocenters. The molecule has 1 heterocycles. The minimum Gasteiger partial charge on any atom is -0.459 e. The van der Waals surface area contributed by atoms with Crippen molar-refractivity contribution < 1.29 is 9.21 Å². The van der Waals surface area contributed by atoms with Crippen LogP contribution in [-0.4, -0.2) is 5.91 Å². The van der Waals surface area contributed by atoms with Crippen LogP contribution in [0.5, 0.6) is 0 Å². The van der Waals surface area contributed by atoms with Crippen molar-refractivity contribution in [3.05, 3.63) is 60.1 Å². The van der Waals surface area contributed by atoms with E-state index in [9.17, 15) is 4.79 Å².